The standard InChI is InChI=1S/C8H11BrN2S/c9-8-2-1-6(5-11-8)3-7(12)4-10/h1-2,5,7,12H,3-4,10H2. The van der Waals surface area contributed by atoms with Crippen LogP contribution in [0.25, 0.3) is 0 Å². The van der Waals surface area contributed by atoms with Crippen molar-refractivity contribution < 1.29 is 0 Å². The molecule has 0 fully saturated rings. The summed E-state index contributed by atoms with van der Waals surface area (Å²) < 4.78 is 0.856. The first kappa shape index (κ1) is 10.0. The topological polar surface area (TPSA) is 38.9 Å². The second-order valence-corrected chi connectivity index (χ2v) is 4.13. The fraction of sp³-hybridized carbons (Fsp3) is 0.375. The molecule has 0 spiro atoms. The highest BCUT2D eigenvalue weighted by atomic mass is 79.9. The Bertz CT molecular complexity index is 237. The van der Waals surface area contributed by atoms with E-state index in [4.69, 9.17) is 5.73 Å². The van der Waals surface area contributed by atoms with Gasteiger partial charge in [-0.2, -0.15) is 12.6 Å². The summed E-state index contributed by atoms with van der Waals surface area (Å²) in [6.45, 7) is 0.596. The Kier molecular flexibility index (Phi) is 4.05. The van der Waals surface area contributed by atoms with Crippen LogP contribution in [0.2, 0.25) is 0 Å². The monoisotopic (exact) mass is 246 g/mol. The van der Waals surface area contributed by atoms with Gasteiger partial charge in [-0.25, -0.2) is 4.98 Å². The summed E-state index contributed by atoms with van der Waals surface area (Å²) in [6.07, 6.45) is 2.71. The number of pyridine rings is 1. The highest BCUT2D eigenvalue weighted by Crippen LogP contribution is 2.09. The summed E-state index contributed by atoms with van der Waals surface area (Å²) >= 11 is 7.58. The number of hydrogen-bond donors (Lipinski definition) is 2. The van der Waals surface area contributed by atoms with E-state index < -0.39 is 0 Å². The van der Waals surface area contributed by atoms with Crippen molar-refractivity contribution in [1.82, 2.24) is 4.98 Å². The summed E-state index contributed by atoms with van der Waals surface area (Å²) in [4.78, 5) is 4.11. The molecule has 0 bridgehead atoms. The van der Waals surface area contributed by atoms with Gasteiger partial charge in [0.2, 0.25) is 0 Å². The van der Waals surface area contributed by atoms with Crippen LogP contribution >= 0.6 is 28.6 Å². The van der Waals surface area contributed by atoms with E-state index in [1.54, 1.807) is 0 Å². The lowest BCUT2D eigenvalue weighted by atomic mass is 10.1. The second kappa shape index (κ2) is 4.84. The van der Waals surface area contributed by atoms with E-state index >= 15 is 0 Å². The molecule has 0 radical (unpaired) electrons. The van der Waals surface area contributed by atoms with Crippen molar-refractivity contribution >= 4 is 28.6 Å². The maximum Gasteiger partial charge on any atom is 0.106 e. The molecule has 2 N–H and O–H groups in total. The lowest BCUT2D eigenvalue weighted by Crippen LogP contribution is -2.16. The molecule has 0 aliphatic heterocycles. The maximum absolute atomic E-state index is 5.44. The fourth-order valence-corrected chi connectivity index (χ4v) is 1.33. The van der Waals surface area contributed by atoms with Crippen LogP contribution in [0.1, 0.15) is 5.56 Å². The van der Waals surface area contributed by atoms with Crippen LogP contribution in [0.3, 0.4) is 0 Å². The van der Waals surface area contributed by atoms with Crippen molar-refractivity contribution in [3.8, 4) is 0 Å². The Hall–Kier alpha value is -0.0600. The highest BCUT2D eigenvalue weighted by Gasteiger charge is 2.01. The average molecular weight is 247 g/mol. The third-order valence-corrected chi connectivity index (χ3v) is 2.39. The third kappa shape index (κ3) is 3.13. The number of thiol groups is 1. The van der Waals surface area contributed by atoms with E-state index in [2.05, 4.69) is 33.5 Å². The Balaban J connectivity index is 2.58. The van der Waals surface area contributed by atoms with Crippen molar-refractivity contribution in [3.05, 3.63) is 28.5 Å². The quantitative estimate of drug-likeness (QED) is 0.629. The van der Waals surface area contributed by atoms with E-state index in [0.717, 1.165) is 11.0 Å². The van der Waals surface area contributed by atoms with Gasteiger partial charge < -0.3 is 5.73 Å². The van der Waals surface area contributed by atoms with Gasteiger partial charge >= 0.3 is 0 Å². The van der Waals surface area contributed by atoms with Gasteiger partial charge in [-0.3, -0.25) is 0 Å². The predicted octanol–water partition coefficient (Wildman–Crippen LogP) is 1.64. The number of rotatable bonds is 3. The predicted molar refractivity (Wildman–Crippen MR) is 57.5 cm³/mol. The minimum atomic E-state index is 0.230. The highest BCUT2D eigenvalue weighted by molar-refractivity contribution is 9.10. The first-order chi connectivity index (χ1) is 5.72. The lowest BCUT2D eigenvalue weighted by molar-refractivity contribution is 0.854. The Labute approximate surface area is 86.1 Å². The lowest BCUT2D eigenvalue weighted by Gasteiger charge is -2.06. The second-order valence-electron chi connectivity index (χ2n) is 2.58. The van der Waals surface area contributed by atoms with Gasteiger partial charge in [0.05, 0.1) is 0 Å². The Morgan fingerprint density at radius 2 is 2.33 bits per heavy atom. The SMILES string of the molecule is NCC(S)Cc1ccc(Br)nc1. The molecule has 1 unspecified atom stereocenters. The molecule has 0 saturated heterocycles. The van der Waals surface area contributed by atoms with Gasteiger partial charge in [0.25, 0.3) is 0 Å². The molecule has 0 aliphatic carbocycles. The summed E-state index contributed by atoms with van der Waals surface area (Å²) in [6, 6.07) is 3.95. The number of nitrogens with two attached hydrogens (primary N) is 1. The molecular weight excluding hydrogens is 236 g/mol. The molecule has 1 aromatic heterocycles. The summed E-state index contributed by atoms with van der Waals surface area (Å²) in [7, 11) is 0. The number of nitrogens with zero attached hydrogens (tertiary/aromatic N) is 1. The zero-order valence-electron chi connectivity index (χ0n) is 6.57. The van der Waals surface area contributed by atoms with Crippen molar-refractivity contribution in [2.24, 2.45) is 5.73 Å². The van der Waals surface area contributed by atoms with E-state index in [1.165, 1.54) is 5.56 Å². The molecule has 66 valence electrons. The van der Waals surface area contributed by atoms with Crippen molar-refractivity contribution in [1.29, 1.82) is 0 Å². The van der Waals surface area contributed by atoms with Crippen LogP contribution in [-0.2, 0) is 6.42 Å². The third-order valence-electron chi connectivity index (χ3n) is 1.53. The van der Waals surface area contributed by atoms with E-state index in [-0.39, 0.29) is 5.25 Å². The molecule has 2 nitrogen and oxygen atoms in total. The van der Waals surface area contributed by atoms with Gasteiger partial charge in [0.15, 0.2) is 0 Å². The Morgan fingerprint density at radius 3 is 2.83 bits per heavy atom. The molecule has 1 atom stereocenters. The normalized spacial score (nSPS) is 12.9. The average Bonchev–Trinajstić information content (AvgIpc) is 2.09. The van der Waals surface area contributed by atoms with Gasteiger partial charge in [-0.1, -0.05) is 6.07 Å². The first-order valence-electron chi connectivity index (χ1n) is 3.71. The minimum absolute atomic E-state index is 0.230. The smallest absolute Gasteiger partial charge is 0.106 e. The fourth-order valence-electron chi connectivity index (χ4n) is 0.883. The first-order valence-corrected chi connectivity index (χ1v) is 5.02. The maximum atomic E-state index is 5.44. The van der Waals surface area contributed by atoms with Gasteiger partial charge in [-0.05, 0) is 34.0 Å². The molecule has 0 aliphatic rings. The number of hydrogen-bond acceptors (Lipinski definition) is 3. The molecule has 12 heavy (non-hydrogen) atoms. The molecule has 1 aromatic rings. The van der Waals surface area contributed by atoms with Gasteiger partial charge in [0, 0.05) is 18.0 Å². The molecule has 1 heterocycles. The number of halogens is 1. The van der Waals surface area contributed by atoms with E-state index in [0.29, 0.717) is 6.54 Å². The zero-order chi connectivity index (χ0) is 8.97. The number of aromatic nitrogens is 1. The van der Waals surface area contributed by atoms with Gasteiger partial charge in [0.1, 0.15) is 4.60 Å². The van der Waals surface area contributed by atoms with Crippen molar-refractivity contribution in [3.63, 3.8) is 0 Å². The van der Waals surface area contributed by atoms with Crippen LogP contribution in [0, 0.1) is 0 Å². The van der Waals surface area contributed by atoms with Crippen LogP contribution in [-0.4, -0.2) is 16.8 Å². The summed E-state index contributed by atoms with van der Waals surface area (Å²) in [5.74, 6) is 0. The molecular formula is C8H11BrN2S. The van der Waals surface area contributed by atoms with Crippen LogP contribution in [0.15, 0.2) is 22.9 Å². The van der Waals surface area contributed by atoms with E-state index in [9.17, 15) is 0 Å². The molecule has 0 saturated carbocycles. The van der Waals surface area contributed by atoms with Gasteiger partial charge in [-0.15, -0.1) is 0 Å². The van der Waals surface area contributed by atoms with Crippen LogP contribution in [0.5, 0.6) is 0 Å². The molecule has 0 aromatic carbocycles. The van der Waals surface area contributed by atoms with Crippen molar-refractivity contribution in [2.75, 3.05) is 6.54 Å². The van der Waals surface area contributed by atoms with E-state index in [1.807, 2.05) is 18.3 Å². The minimum Gasteiger partial charge on any atom is -0.329 e. The van der Waals surface area contributed by atoms with Crippen LogP contribution < -0.4 is 5.73 Å². The summed E-state index contributed by atoms with van der Waals surface area (Å²) in [5, 5.41) is 0.230. The Morgan fingerprint density at radius 1 is 1.58 bits per heavy atom. The largest absolute Gasteiger partial charge is 0.329 e. The molecule has 4 heteroatoms. The zero-order valence-corrected chi connectivity index (χ0v) is 9.05. The molecule has 0 amide bonds. The van der Waals surface area contributed by atoms with Crippen LogP contribution in [0.4, 0.5) is 0 Å². The molecule has 1 rings (SSSR count). The van der Waals surface area contributed by atoms with Crippen molar-refractivity contribution in [2.45, 2.75) is 11.7 Å². The summed E-state index contributed by atoms with van der Waals surface area (Å²) in [5.41, 5.74) is 6.61.